The highest BCUT2D eigenvalue weighted by Crippen LogP contribution is 2.52. The van der Waals surface area contributed by atoms with Gasteiger partial charge in [-0.3, -0.25) is 0 Å². The summed E-state index contributed by atoms with van der Waals surface area (Å²) in [5.74, 6) is -2.63. The lowest BCUT2D eigenvalue weighted by molar-refractivity contribution is -0.148. The molecule has 2 aliphatic heterocycles. The standard InChI is InChI=1S/C25H24N2O7/c1-15-19(22(28)33-14-16-8-4-3-5-9-16)25(24(30)34-15)17-10-6-7-11-18(17)27-21(26)20(25)23(29)32-13-12-31-2/h3-11,27H,12-14,26H2,1-2H3. The van der Waals surface area contributed by atoms with Crippen LogP contribution in [0.2, 0.25) is 0 Å². The van der Waals surface area contributed by atoms with E-state index in [4.69, 9.17) is 24.7 Å². The van der Waals surface area contributed by atoms with Crippen LogP contribution >= 0.6 is 0 Å². The molecule has 1 unspecified atom stereocenters. The van der Waals surface area contributed by atoms with E-state index in [9.17, 15) is 14.4 Å². The first-order valence-electron chi connectivity index (χ1n) is 10.6. The minimum absolute atomic E-state index is 0.0229. The molecule has 0 amide bonds. The Morgan fingerprint density at radius 1 is 0.971 bits per heavy atom. The van der Waals surface area contributed by atoms with Gasteiger partial charge >= 0.3 is 17.9 Å². The molecule has 4 rings (SSSR count). The van der Waals surface area contributed by atoms with E-state index in [1.165, 1.54) is 14.0 Å². The van der Waals surface area contributed by atoms with Crippen LogP contribution in [0, 0.1) is 0 Å². The molecule has 0 aromatic heterocycles. The van der Waals surface area contributed by atoms with Crippen LogP contribution < -0.4 is 11.1 Å². The van der Waals surface area contributed by atoms with E-state index in [1.54, 1.807) is 36.4 Å². The van der Waals surface area contributed by atoms with Crippen LogP contribution in [0.5, 0.6) is 0 Å². The number of cyclic esters (lactones) is 1. The first-order valence-corrected chi connectivity index (χ1v) is 10.6. The summed E-state index contributed by atoms with van der Waals surface area (Å²) < 4.78 is 21.2. The molecule has 176 valence electrons. The summed E-state index contributed by atoms with van der Waals surface area (Å²) in [6.45, 7) is 1.50. The van der Waals surface area contributed by atoms with Crippen LogP contribution in [0.3, 0.4) is 0 Å². The molecule has 0 fully saturated rings. The van der Waals surface area contributed by atoms with Crippen LogP contribution in [0.25, 0.3) is 0 Å². The van der Waals surface area contributed by atoms with Gasteiger partial charge in [0.05, 0.1) is 6.61 Å². The molecular formula is C25H24N2O7. The van der Waals surface area contributed by atoms with Crippen molar-refractivity contribution in [2.45, 2.75) is 18.9 Å². The first kappa shape index (κ1) is 23.1. The Balaban J connectivity index is 1.82. The zero-order valence-corrected chi connectivity index (χ0v) is 18.8. The van der Waals surface area contributed by atoms with E-state index in [0.29, 0.717) is 11.3 Å². The van der Waals surface area contributed by atoms with Gasteiger partial charge in [-0.15, -0.1) is 0 Å². The molecule has 0 saturated carbocycles. The molecule has 0 bridgehead atoms. The summed E-state index contributed by atoms with van der Waals surface area (Å²) in [6, 6.07) is 15.8. The SMILES string of the molecule is COCCOC(=O)C1=C(N)Nc2ccccc2C12C(=O)OC(C)=C2C(=O)OCc1ccccc1. The predicted octanol–water partition coefficient (Wildman–Crippen LogP) is 2.28. The lowest BCUT2D eigenvalue weighted by atomic mass is 9.67. The number of methoxy groups -OCH3 is 1. The number of nitrogens with one attached hydrogen (secondary N) is 1. The molecule has 0 aliphatic carbocycles. The average molecular weight is 464 g/mol. The average Bonchev–Trinajstić information content (AvgIpc) is 3.08. The third kappa shape index (κ3) is 3.80. The number of carbonyl (C=O) groups excluding carboxylic acids is 3. The van der Waals surface area contributed by atoms with Crippen LogP contribution in [0.15, 0.2) is 77.3 Å². The number of anilines is 1. The largest absolute Gasteiger partial charge is 0.460 e. The molecule has 0 saturated heterocycles. The van der Waals surface area contributed by atoms with Crippen molar-refractivity contribution in [3.63, 3.8) is 0 Å². The molecule has 2 aromatic carbocycles. The van der Waals surface area contributed by atoms with E-state index in [-0.39, 0.29) is 42.5 Å². The zero-order valence-electron chi connectivity index (χ0n) is 18.8. The van der Waals surface area contributed by atoms with Crippen molar-refractivity contribution in [1.29, 1.82) is 0 Å². The molecule has 2 aromatic rings. The number of nitrogens with two attached hydrogens (primary N) is 1. The normalized spacial score (nSPS) is 18.9. The van der Waals surface area contributed by atoms with Crippen LogP contribution in [-0.2, 0) is 45.4 Å². The number of ether oxygens (including phenoxy) is 4. The van der Waals surface area contributed by atoms with Crippen molar-refractivity contribution in [1.82, 2.24) is 0 Å². The van der Waals surface area contributed by atoms with Gasteiger partial charge in [-0.05, 0) is 18.6 Å². The quantitative estimate of drug-likeness (QED) is 0.360. The van der Waals surface area contributed by atoms with Crippen molar-refractivity contribution in [3.8, 4) is 0 Å². The highest BCUT2D eigenvalue weighted by atomic mass is 16.6. The van der Waals surface area contributed by atoms with E-state index in [1.807, 2.05) is 18.2 Å². The second-order valence-electron chi connectivity index (χ2n) is 7.72. The Bertz CT molecular complexity index is 1200. The fourth-order valence-corrected chi connectivity index (χ4v) is 4.21. The monoisotopic (exact) mass is 464 g/mol. The maximum Gasteiger partial charge on any atom is 0.339 e. The van der Waals surface area contributed by atoms with Gasteiger partial charge in [0, 0.05) is 18.4 Å². The fraction of sp³-hybridized carbons (Fsp3) is 0.240. The van der Waals surface area contributed by atoms with Gasteiger partial charge in [0.2, 0.25) is 0 Å². The maximum atomic E-state index is 13.5. The summed E-state index contributed by atoms with van der Waals surface area (Å²) >= 11 is 0. The smallest absolute Gasteiger partial charge is 0.339 e. The number of carbonyl (C=O) groups is 3. The van der Waals surface area contributed by atoms with Gasteiger partial charge in [-0.25, -0.2) is 14.4 Å². The number of para-hydroxylation sites is 1. The van der Waals surface area contributed by atoms with Crippen molar-refractivity contribution in [2.24, 2.45) is 5.73 Å². The molecule has 2 aliphatic rings. The lowest BCUT2D eigenvalue weighted by Gasteiger charge is -2.36. The van der Waals surface area contributed by atoms with Crippen molar-refractivity contribution < 1.29 is 33.3 Å². The van der Waals surface area contributed by atoms with Gasteiger partial charge in [-0.2, -0.15) is 0 Å². The number of hydrogen-bond donors (Lipinski definition) is 2. The maximum absolute atomic E-state index is 13.5. The Hall–Kier alpha value is -4.11. The lowest BCUT2D eigenvalue weighted by Crippen LogP contribution is -2.48. The van der Waals surface area contributed by atoms with E-state index >= 15 is 0 Å². The molecule has 9 nitrogen and oxygen atoms in total. The minimum atomic E-state index is -1.95. The zero-order chi connectivity index (χ0) is 24.3. The first-order chi connectivity index (χ1) is 16.4. The van der Waals surface area contributed by atoms with Crippen LogP contribution in [0.1, 0.15) is 18.1 Å². The Morgan fingerprint density at radius 3 is 2.38 bits per heavy atom. The van der Waals surface area contributed by atoms with Crippen molar-refractivity contribution >= 4 is 23.6 Å². The van der Waals surface area contributed by atoms with E-state index < -0.39 is 23.3 Å². The topological polar surface area (TPSA) is 126 Å². The number of esters is 3. The molecule has 1 atom stereocenters. The molecule has 2 heterocycles. The van der Waals surface area contributed by atoms with Gasteiger partial charge in [0.25, 0.3) is 0 Å². The predicted molar refractivity (Wildman–Crippen MR) is 121 cm³/mol. The van der Waals surface area contributed by atoms with Crippen LogP contribution in [-0.4, -0.2) is 38.2 Å². The van der Waals surface area contributed by atoms with Crippen molar-refractivity contribution in [2.75, 3.05) is 25.6 Å². The molecule has 1 spiro atoms. The summed E-state index contributed by atoms with van der Waals surface area (Å²) in [5.41, 5.74) is 5.47. The second-order valence-corrected chi connectivity index (χ2v) is 7.72. The van der Waals surface area contributed by atoms with E-state index in [0.717, 1.165) is 5.56 Å². The molecular weight excluding hydrogens is 440 g/mol. The molecule has 34 heavy (non-hydrogen) atoms. The third-order valence-electron chi connectivity index (χ3n) is 5.67. The third-order valence-corrected chi connectivity index (χ3v) is 5.67. The van der Waals surface area contributed by atoms with Crippen molar-refractivity contribution in [3.05, 3.63) is 88.5 Å². The number of fused-ring (bicyclic) bond motifs is 2. The summed E-state index contributed by atoms with van der Waals surface area (Å²) in [5, 5.41) is 2.93. The van der Waals surface area contributed by atoms with Gasteiger partial charge in [0.1, 0.15) is 35.9 Å². The van der Waals surface area contributed by atoms with Gasteiger partial charge < -0.3 is 30.0 Å². The highest BCUT2D eigenvalue weighted by molar-refractivity contribution is 6.15. The summed E-state index contributed by atoms with van der Waals surface area (Å²) in [6.07, 6.45) is 0. The summed E-state index contributed by atoms with van der Waals surface area (Å²) in [7, 11) is 1.46. The number of benzene rings is 2. The molecule has 0 radical (unpaired) electrons. The Labute approximate surface area is 196 Å². The number of rotatable bonds is 7. The second kappa shape index (κ2) is 9.40. The van der Waals surface area contributed by atoms with Gasteiger partial charge in [-0.1, -0.05) is 48.5 Å². The molecule has 3 N–H and O–H groups in total. The molecule has 9 heteroatoms. The highest BCUT2D eigenvalue weighted by Gasteiger charge is 2.62. The Morgan fingerprint density at radius 2 is 1.65 bits per heavy atom. The number of allylic oxidation sites excluding steroid dienone is 1. The Kier molecular flexibility index (Phi) is 6.38. The van der Waals surface area contributed by atoms with E-state index in [2.05, 4.69) is 5.32 Å². The summed E-state index contributed by atoms with van der Waals surface area (Å²) in [4.78, 5) is 40.1. The minimum Gasteiger partial charge on any atom is -0.460 e. The fourth-order valence-electron chi connectivity index (χ4n) is 4.21. The van der Waals surface area contributed by atoms with Gasteiger partial charge in [0.15, 0.2) is 5.41 Å². The number of hydrogen-bond acceptors (Lipinski definition) is 9. The van der Waals surface area contributed by atoms with Crippen LogP contribution in [0.4, 0.5) is 5.69 Å².